The lowest BCUT2D eigenvalue weighted by molar-refractivity contribution is -0.120. The molecule has 174 valence electrons. The third kappa shape index (κ3) is 6.03. The lowest BCUT2D eigenvalue weighted by atomic mass is 10.2. The van der Waals surface area contributed by atoms with Gasteiger partial charge in [-0.25, -0.2) is 4.98 Å². The van der Waals surface area contributed by atoms with Crippen LogP contribution in [-0.2, 0) is 4.79 Å². The Hall–Kier alpha value is -2.55. The maximum absolute atomic E-state index is 13.2. The third-order valence-corrected chi connectivity index (χ3v) is 6.06. The summed E-state index contributed by atoms with van der Waals surface area (Å²) in [6.45, 7) is 3.35. The van der Waals surface area contributed by atoms with E-state index in [1.807, 2.05) is 45.3 Å². The first-order chi connectivity index (χ1) is 14.9. The molecule has 0 saturated carbocycles. The number of aryl methyl sites for hydroxylation is 1. The SMILES string of the molecule is COc1ccccc1OCC(=O)N(CCCN(C)C)c1nc2c(OC)ccc(C)c2s1.Cl. The molecule has 0 radical (unpaired) electrons. The van der Waals surface area contributed by atoms with Gasteiger partial charge in [-0.3, -0.25) is 9.69 Å². The van der Waals surface area contributed by atoms with Gasteiger partial charge in [0.2, 0.25) is 0 Å². The Balaban J connectivity index is 0.00000363. The van der Waals surface area contributed by atoms with Gasteiger partial charge in [-0.2, -0.15) is 0 Å². The number of carbonyl (C=O) groups is 1. The molecule has 0 aliphatic heterocycles. The highest BCUT2D eigenvalue weighted by Crippen LogP contribution is 2.36. The first-order valence-electron chi connectivity index (χ1n) is 10.1. The number of anilines is 1. The highest BCUT2D eigenvalue weighted by Gasteiger charge is 2.22. The van der Waals surface area contributed by atoms with Crippen molar-refractivity contribution >= 4 is 45.0 Å². The minimum atomic E-state index is -0.152. The number of amides is 1. The number of halogens is 1. The van der Waals surface area contributed by atoms with Gasteiger partial charge in [0, 0.05) is 6.54 Å². The minimum Gasteiger partial charge on any atom is -0.494 e. The summed E-state index contributed by atoms with van der Waals surface area (Å²) in [5, 5.41) is 0.648. The number of hydrogen-bond donors (Lipinski definition) is 0. The number of aromatic nitrogens is 1. The molecule has 0 atom stereocenters. The normalized spacial score (nSPS) is 10.7. The van der Waals surface area contributed by atoms with Gasteiger partial charge >= 0.3 is 0 Å². The van der Waals surface area contributed by atoms with Crippen LogP contribution in [0.2, 0.25) is 0 Å². The zero-order valence-electron chi connectivity index (χ0n) is 19.1. The van der Waals surface area contributed by atoms with Crippen molar-refractivity contribution in [3.8, 4) is 17.2 Å². The first-order valence-corrected chi connectivity index (χ1v) is 10.9. The average molecular weight is 480 g/mol. The van der Waals surface area contributed by atoms with E-state index >= 15 is 0 Å². The Labute approximate surface area is 199 Å². The summed E-state index contributed by atoms with van der Waals surface area (Å²) in [5.74, 6) is 1.68. The molecule has 0 aliphatic carbocycles. The van der Waals surface area contributed by atoms with Crippen LogP contribution in [0.25, 0.3) is 10.2 Å². The monoisotopic (exact) mass is 479 g/mol. The average Bonchev–Trinajstić information content (AvgIpc) is 3.21. The molecule has 1 amide bonds. The number of ether oxygens (including phenoxy) is 3. The second kappa shape index (κ2) is 11.9. The molecule has 3 rings (SSSR count). The molecule has 2 aromatic carbocycles. The van der Waals surface area contributed by atoms with Crippen molar-refractivity contribution in [3.05, 3.63) is 42.0 Å². The summed E-state index contributed by atoms with van der Waals surface area (Å²) < 4.78 is 17.6. The molecular weight excluding hydrogens is 450 g/mol. The van der Waals surface area contributed by atoms with E-state index in [0.717, 1.165) is 28.7 Å². The van der Waals surface area contributed by atoms with Gasteiger partial charge in [0.25, 0.3) is 5.91 Å². The van der Waals surface area contributed by atoms with E-state index in [1.54, 1.807) is 31.3 Å². The Bertz CT molecular complexity index is 1040. The van der Waals surface area contributed by atoms with Crippen LogP contribution in [0.5, 0.6) is 17.2 Å². The smallest absolute Gasteiger partial charge is 0.266 e. The molecule has 3 aromatic rings. The van der Waals surface area contributed by atoms with Crippen LogP contribution in [-0.4, -0.2) is 63.8 Å². The molecule has 32 heavy (non-hydrogen) atoms. The molecule has 0 fully saturated rings. The predicted molar refractivity (Wildman–Crippen MR) is 132 cm³/mol. The van der Waals surface area contributed by atoms with Crippen molar-refractivity contribution in [2.75, 3.05) is 52.9 Å². The first kappa shape index (κ1) is 25.7. The zero-order chi connectivity index (χ0) is 22.4. The maximum Gasteiger partial charge on any atom is 0.266 e. The molecule has 1 heterocycles. The fourth-order valence-electron chi connectivity index (χ4n) is 3.21. The third-order valence-electron chi connectivity index (χ3n) is 4.85. The summed E-state index contributed by atoms with van der Waals surface area (Å²) in [7, 11) is 7.24. The number of carbonyl (C=O) groups excluding carboxylic acids is 1. The van der Waals surface area contributed by atoms with Crippen LogP contribution in [0, 0.1) is 6.92 Å². The number of methoxy groups -OCH3 is 2. The molecule has 0 aliphatic rings. The van der Waals surface area contributed by atoms with E-state index < -0.39 is 0 Å². The highest BCUT2D eigenvalue weighted by molar-refractivity contribution is 7.22. The van der Waals surface area contributed by atoms with Gasteiger partial charge in [-0.1, -0.05) is 29.5 Å². The van der Waals surface area contributed by atoms with E-state index in [9.17, 15) is 4.79 Å². The quantitative estimate of drug-likeness (QED) is 0.429. The minimum absolute atomic E-state index is 0. The van der Waals surface area contributed by atoms with E-state index in [0.29, 0.717) is 28.9 Å². The zero-order valence-corrected chi connectivity index (χ0v) is 20.7. The lowest BCUT2D eigenvalue weighted by Gasteiger charge is -2.21. The van der Waals surface area contributed by atoms with Crippen LogP contribution in [0.4, 0.5) is 5.13 Å². The Morgan fingerprint density at radius 1 is 1.00 bits per heavy atom. The van der Waals surface area contributed by atoms with Gasteiger partial charge in [-0.05, 0) is 57.7 Å². The molecule has 7 nitrogen and oxygen atoms in total. The van der Waals surface area contributed by atoms with Crippen molar-refractivity contribution in [1.29, 1.82) is 0 Å². The Kier molecular flexibility index (Phi) is 9.56. The number of para-hydroxylation sites is 2. The number of fused-ring (bicyclic) bond motifs is 1. The van der Waals surface area contributed by atoms with Crippen LogP contribution >= 0.6 is 23.7 Å². The summed E-state index contributed by atoms with van der Waals surface area (Å²) in [5.41, 5.74) is 1.88. The topological polar surface area (TPSA) is 64.1 Å². The van der Waals surface area contributed by atoms with Gasteiger partial charge in [0.15, 0.2) is 23.2 Å². The fraction of sp³-hybridized carbons (Fsp3) is 0.391. The van der Waals surface area contributed by atoms with Gasteiger partial charge < -0.3 is 19.1 Å². The predicted octanol–water partition coefficient (Wildman–Crippen LogP) is 4.41. The number of hydrogen-bond acceptors (Lipinski definition) is 7. The molecule has 0 unspecified atom stereocenters. The Morgan fingerprint density at radius 2 is 1.69 bits per heavy atom. The number of rotatable bonds is 10. The van der Waals surface area contributed by atoms with Crippen LogP contribution < -0.4 is 19.1 Å². The molecular formula is C23H30ClN3O4S. The van der Waals surface area contributed by atoms with Crippen molar-refractivity contribution in [2.24, 2.45) is 0 Å². The standard InChI is InChI=1S/C23H29N3O4S.ClH/c1-16-11-12-19(29-5)21-22(16)31-23(24-21)26(14-8-13-25(2)3)20(27)15-30-18-10-7-6-9-17(18)28-4;/h6-7,9-12H,8,13-15H2,1-5H3;1H. The van der Waals surface area contributed by atoms with E-state index in [-0.39, 0.29) is 24.9 Å². The van der Waals surface area contributed by atoms with E-state index in [1.165, 1.54) is 11.3 Å². The molecule has 0 bridgehead atoms. The fourth-order valence-corrected chi connectivity index (χ4v) is 4.30. The van der Waals surface area contributed by atoms with E-state index in [2.05, 4.69) is 4.90 Å². The van der Waals surface area contributed by atoms with Crippen molar-refractivity contribution < 1.29 is 19.0 Å². The van der Waals surface area contributed by atoms with Crippen molar-refractivity contribution in [2.45, 2.75) is 13.3 Å². The summed E-state index contributed by atoms with van der Waals surface area (Å²) in [6.07, 6.45) is 0.819. The molecule has 0 saturated heterocycles. The second-order valence-electron chi connectivity index (χ2n) is 7.40. The van der Waals surface area contributed by atoms with Gasteiger partial charge in [0.05, 0.1) is 18.9 Å². The molecule has 0 spiro atoms. The largest absolute Gasteiger partial charge is 0.494 e. The lowest BCUT2D eigenvalue weighted by Crippen LogP contribution is -2.36. The van der Waals surface area contributed by atoms with Gasteiger partial charge in [0.1, 0.15) is 11.3 Å². The summed E-state index contributed by atoms with van der Waals surface area (Å²) >= 11 is 1.50. The van der Waals surface area contributed by atoms with Crippen molar-refractivity contribution in [3.63, 3.8) is 0 Å². The Morgan fingerprint density at radius 3 is 2.34 bits per heavy atom. The summed E-state index contributed by atoms with van der Waals surface area (Å²) in [6, 6.07) is 11.2. The molecule has 0 N–H and O–H groups in total. The molecule has 9 heteroatoms. The van der Waals surface area contributed by atoms with Crippen LogP contribution in [0.15, 0.2) is 36.4 Å². The van der Waals surface area contributed by atoms with Gasteiger partial charge in [-0.15, -0.1) is 12.4 Å². The van der Waals surface area contributed by atoms with Crippen LogP contribution in [0.3, 0.4) is 0 Å². The van der Waals surface area contributed by atoms with E-state index in [4.69, 9.17) is 19.2 Å². The number of nitrogens with zero attached hydrogens (tertiary/aromatic N) is 3. The number of thiazole rings is 1. The molecule has 1 aromatic heterocycles. The second-order valence-corrected chi connectivity index (χ2v) is 8.38. The maximum atomic E-state index is 13.2. The number of benzene rings is 2. The van der Waals surface area contributed by atoms with Crippen molar-refractivity contribution in [1.82, 2.24) is 9.88 Å². The highest BCUT2D eigenvalue weighted by atomic mass is 35.5. The summed E-state index contributed by atoms with van der Waals surface area (Å²) in [4.78, 5) is 21.8. The van der Waals surface area contributed by atoms with Crippen LogP contribution in [0.1, 0.15) is 12.0 Å².